The van der Waals surface area contributed by atoms with E-state index < -0.39 is 5.97 Å². The van der Waals surface area contributed by atoms with Crippen LogP contribution < -0.4 is 0 Å². The largest absolute Gasteiger partial charge is 0.455 e. The van der Waals surface area contributed by atoms with E-state index >= 15 is 0 Å². The summed E-state index contributed by atoms with van der Waals surface area (Å²) < 4.78 is 7.06. The fourth-order valence-electron chi connectivity index (χ4n) is 3.00. The number of halogens is 1. The number of hydrogen-bond acceptors (Lipinski definition) is 7. The van der Waals surface area contributed by atoms with E-state index in [4.69, 9.17) is 16.3 Å². The van der Waals surface area contributed by atoms with Gasteiger partial charge in [0.15, 0.2) is 0 Å². The van der Waals surface area contributed by atoms with Crippen LogP contribution in [0, 0.1) is 6.92 Å². The van der Waals surface area contributed by atoms with Crippen molar-refractivity contribution >= 4 is 28.9 Å². The number of aromatic nitrogens is 5. The first-order valence-corrected chi connectivity index (χ1v) is 11.0. The molecule has 7 nitrogen and oxygen atoms in total. The van der Waals surface area contributed by atoms with Crippen molar-refractivity contribution < 1.29 is 9.53 Å². The summed E-state index contributed by atoms with van der Waals surface area (Å²) in [6.07, 6.45) is 5.42. The number of carbonyl (C=O) groups is 1. The van der Waals surface area contributed by atoms with Gasteiger partial charge in [-0.3, -0.25) is 4.98 Å². The van der Waals surface area contributed by atoms with E-state index in [9.17, 15) is 4.79 Å². The molecule has 0 saturated heterocycles. The Labute approximate surface area is 188 Å². The number of nitrogens with zero attached hydrogens (tertiary/aromatic N) is 5. The van der Waals surface area contributed by atoms with Crippen LogP contribution in [-0.4, -0.2) is 30.9 Å². The topological polar surface area (TPSA) is 82.8 Å². The zero-order valence-corrected chi connectivity index (χ0v) is 18.7. The zero-order chi connectivity index (χ0) is 21.8. The maximum absolute atomic E-state index is 12.6. The average Bonchev–Trinajstić information content (AvgIpc) is 3.40. The van der Waals surface area contributed by atoms with Crippen LogP contribution in [0.25, 0.3) is 16.3 Å². The summed E-state index contributed by atoms with van der Waals surface area (Å²) in [5, 5.41) is 9.55. The fraction of sp³-hybridized carbons (Fsp3) is 0.227. The van der Waals surface area contributed by atoms with Gasteiger partial charge in [-0.1, -0.05) is 30.2 Å². The van der Waals surface area contributed by atoms with Crippen LogP contribution in [0.4, 0.5) is 0 Å². The number of thiazole rings is 1. The van der Waals surface area contributed by atoms with E-state index in [1.807, 2.05) is 31.2 Å². The Morgan fingerprint density at radius 1 is 1.19 bits per heavy atom. The predicted octanol–water partition coefficient (Wildman–Crippen LogP) is 5.06. The molecule has 0 unspecified atom stereocenters. The van der Waals surface area contributed by atoms with Crippen molar-refractivity contribution in [3.63, 3.8) is 0 Å². The lowest BCUT2D eigenvalue weighted by atomic mass is 10.2. The first-order chi connectivity index (χ1) is 15.0. The summed E-state index contributed by atoms with van der Waals surface area (Å²) in [4.78, 5) is 22.0. The van der Waals surface area contributed by atoms with Gasteiger partial charge in [-0.15, -0.1) is 16.4 Å². The second kappa shape index (κ2) is 9.36. The van der Waals surface area contributed by atoms with Crippen LogP contribution in [0.15, 0.2) is 48.8 Å². The Balaban J connectivity index is 1.44. The maximum atomic E-state index is 12.6. The van der Waals surface area contributed by atoms with Gasteiger partial charge in [-0.05, 0) is 49.7 Å². The van der Waals surface area contributed by atoms with Crippen molar-refractivity contribution in [2.24, 2.45) is 0 Å². The average molecular weight is 454 g/mol. The Morgan fingerprint density at radius 3 is 2.77 bits per heavy atom. The molecule has 0 amide bonds. The van der Waals surface area contributed by atoms with E-state index in [1.54, 1.807) is 29.2 Å². The van der Waals surface area contributed by atoms with Gasteiger partial charge in [-0.2, -0.15) is 0 Å². The molecule has 0 aliphatic carbocycles. The molecule has 0 atom stereocenters. The zero-order valence-electron chi connectivity index (χ0n) is 17.1. The normalized spacial score (nSPS) is 10.9. The van der Waals surface area contributed by atoms with Gasteiger partial charge < -0.3 is 4.74 Å². The third-order valence-electron chi connectivity index (χ3n) is 4.53. The van der Waals surface area contributed by atoms with E-state index in [0.29, 0.717) is 21.3 Å². The smallest absolute Gasteiger partial charge is 0.350 e. The number of aryl methyl sites for hydroxylation is 2. The minimum absolute atomic E-state index is 0.0228. The van der Waals surface area contributed by atoms with E-state index in [-0.39, 0.29) is 6.61 Å². The molecule has 0 saturated carbocycles. The van der Waals surface area contributed by atoms with Crippen LogP contribution in [0.5, 0.6) is 0 Å². The van der Waals surface area contributed by atoms with Crippen LogP contribution in [0.1, 0.15) is 40.1 Å². The molecule has 0 spiro atoms. The second-order valence-corrected chi connectivity index (χ2v) is 8.36. The van der Waals surface area contributed by atoms with E-state index in [0.717, 1.165) is 34.8 Å². The molecule has 0 fully saturated rings. The summed E-state index contributed by atoms with van der Waals surface area (Å²) in [5.74, 6) is -0.426. The van der Waals surface area contributed by atoms with Crippen LogP contribution in [0.2, 0.25) is 5.02 Å². The van der Waals surface area contributed by atoms with Crippen molar-refractivity contribution in [3.8, 4) is 16.3 Å². The second-order valence-electron chi connectivity index (χ2n) is 6.93. The van der Waals surface area contributed by atoms with Crippen LogP contribution in [0.3, 0.4) is 0 Å². The SMILES string of the molecule is CCCc1cc(-c2nc(C)c(C(=O)OCc3cn(-c4ccc(Cl)cc4)nn3)s2)ccn1. The lowest BCUT2D eigenvalue weighted by Crippen LogP contribution is -2.05. The molecule has 158 valence electrons. The molecule has 3 heterocycles. The first-order valence-electron chi connectivity index (χ1n) is 9.80. The van der Waals surface area contributed by atoms with Gasteiger partial charge in [0, 0.05) is 22.5 Å². The van der Waals surface area contributed by atoms with Gasteiger partial charge in [0.05, 0.1) is 17.6 Å². The van der Waals surface area contributed by atoms with Gasteiger partial charge >= 0.3 is 5.97 Å². The highest BCUT2D eigenvalue weighted by atomic mass is 35.5. The van der Waals surface area contributed by atoms with E-state index in [2.05, 4.69) is 27.2 Å². The molecule has 0 bridgehead atoms. The van der Waals surface area contributed by atoms with Gasteiger partial charge in [-0.25, -0.2) is 14.5 Å². The van der Waals surface area contributed by atoms with Gasteiger partial charge in [0.1, 0.15) is 22.2 Å². The minimum atomic E-state index is -0.426. The monoisotopic (exact) mass is 453 g/mol. The Bertz CT molecular complexity index is 1200. The van der Waals surface area contributed by atoms with Crippen molar-refractivity contribution in [1.82, 2.24) is 25.0 Å². The predicted molar refractivity (Wildman–Crippen MR) is 120 cm³/mol. The number of esters is 1. The minimum Gasteiger partial charge on any atom is -0.455 e. The summed E-state index contributed by atoms with van der Waals surface area (Å²) in [6.45, 7) is 3.95. The Kier molecular flexibility index (Phi) is 6.39. The number of hydrogen-bond donors (Lipinski definition) is 0. The molecule has 0 aliphatic rings. The fourth-order valence-corrected chi connectivity index (χ4v) is 4.09. The Morgan fingerprint density at radius 2 is 2.00 bits per heavy atom. The van der Waals surface area contributed by atoms with Crippen LogP contribution >= 0.6 is 22.9 Å². The Hall–Kier alpha value is -3.10. The molecular formula is C22H20ClN5O2S. The highest BCUT2D eigenvalue weighted by Gasteiger charge is 2.18. The molecule has 9 heteroatoms. The maximum Gasteiger partial charge on any atom is 0.350 e. The summed E-state index contributed by atoms with van der Waals surface area (Å²) >= 11 is 7.23. The number of pyridine rings is 1. The highest BCUT2D eigenvalue weighted by molar-refractivity contribution is 7.17. The van der Waals surface area contributed by atoms with Gasteiger partial charge in [0.2, 0.25) is 0 Å². The summed E-state index contributed by atoms with van der Waals surface area (Å²) in [7, 11) is 0. The molecule has 4 rings (SSSR count). The first kappa shape index (κ1) is 21.1. The third kappa shape index (κ3) is 4.98. The summed E-state index contributed by atoms with van der Waals surface area (Å²) in [5.41, 5.74) is 3.97. The quantitative estimate of drug-likeness (QED) is 0.364. The molecule has 0 radical (unpaired) electrons. The molecule has 0 aliphatic heterocycles. The highest BCUT2D eigenvalue weighted by Crippen LogP contribution is 2.29. The number of benzene rings is 1. The lowest BCUT2D eigenvalue weighted by Gasteiger charge is -2.01. The molecule has 4 aromatic rings. The molecule has 0 N–H and O–H groups in total. The number of carbonyl (C=O) groups excluding carboxylic acids is 1. The molecule has 1 aromatic carbocycles. The molecular weight excluding hydrogens is 434 g/mol. The van der Waals surface area contributed by atoms with E-state index in [1.165, 1.54) is 11.3 Å². The number of ether oxygens (including phenoxy) is 1. The van der Waals surface area contributed by atoms with Gasteiger partial charge in [0.25, 0.3) is 0 Å². The molecule has 31 heavy (non-hydrogen) atoms. The van der Waals surface area contributed by atoms with Crippen molar-refractivity contribution in [3.05, 3.63) is 75.8 Å². The number of rotatable bonds is 7. The van der Waals surface area contributed by atoms with Crippen molar-refractivity contribution in [2.75, 3.05) is 0 Å². The molecule has 3 aromatic heterocycles. The summed E-state index contributed by atoms with van der Waals surface area (Å²) in [6, 6.07) is 11.1. The standard InChI is InChI=1S/C22H20ClN5O2S/c1-3-4-17-11-15(9-10-24-17)21-25-14(2)20(31-21)22(29)30-13-18-12-28(27-26-18)19-7-5-16(23)6-8-19/h5-12H,3-4,13H2,1-2H3. The van der Waals surface area contributed by atoms with Crippen molar-refractivity contribution in [2.45, 2.75) is 33.3 Å². The van der Waals surface area contributed by atoms with Crippen molar-refractivity contribution in [1.29, 1.82) is 0 Å². The third-order valence-corrected chi connectivity index (χ3v) is 5.97. The van der Waals surface area contributed by atoms with Crippen LogP contribution in [-0.2, 0) is 17.8 Å². The lowest BCUT2D eigenvalue weighted by molar-refractivity contribution is 0.0472.